The fourth-order valence-corrected chi connectivity index (χ4v) is 5.10. The lowest BCUT2D eigenvalue weighted by Gasteiger charge is -2.32. The zero-order valence-corrected chi connectivity index (χ0v) is 23.8. The van der Waals surface area contributed by atoms with Crippen LogP contribution in [0.3, 0.4) is 0 Å². The molecule has 0 spiro atoms. The second kappa shape index (κ2) is 10.8. The number of nitrogens with one attached hydrogen (secondary N) is 1. The van der Waals surface area contributed by atoms with E-state index in [0.29, 0.717) is 11.7 Å². The molecule has 0 radical (unpaired) electrons. The maximum absolute atomic E-state index is 13.4. The Morgan fingerprint density at radius 1 is 1.05 bits per heavy atom. The number of pyridine rings is 1. The summed E-state index contributed by atoms with van der Waals surface area (Å²) in [6, 6.07) is 16.9. The lowest BCUT2D eigenvalue weighted by molar-refractivity contribution is -0.137. The molecule has 0 bridgehead atoms. The van der Waals surface area contributed by atoms with Crippen LogP contribution < -0.4 is 5.32 Å². The molecule has 1 aliphatic heterocycles. The molecule has 214 valence electrons. The maximum Gasteiger partial charge on any atom is 0.492 e. The van der Waals surface area contributed by atoms with E-state index in [1.54, 1.807) is 0 Å². The van der Waals surface area contributed by atoms with Crippen LogP contribution in [0.15, 0.2) is 66.3 Å². The Bertz CT molecular complexity index is 1450. The van der Waals surface area contributed by atoms with Gasteiger partial charge < -0.3 is 19.4 Å². The molecule has 1 aromatic heterocycles. The van der Waals surface area contributed by atoms with Crippen LogP contribution in [0.2, 0.25) is 5.15 Å². The van der Waals surface area contributed by atoms with Crippen molar-refractivity contribution in [3.63, 3.8) is 0 Å². The number of carbonyl (C=O) groups is 1. The van der Waals surface area contributed by atoms with E-state index in [2.05, 4.69) is 10.3 Å². The summed E-state index contributed by atoms with van der Waals surface area (Å²) in [5.41, 5.74) is 2.32. The van der Waals surface area contributed by atoms with Gasteiger partial charge in [-0.3, -0.25) is 0 Å². The summed E-state index contributed by atoms with van der Waals surface area (Å²) in [5, 5.41) is 2.56. The summed E-state index contributed by atoms with van der Waals surface area (Å²) in [6.07, 6.45) is -3.23. The summed E-state index contributed by atoms with van der Waals surface area (Å²) in [6.45, 7) is 7.38. The van der Waals surface area contributed by atoms with E-state index in [4.69, 9.17) is 25.6 Å². The van der Waals surface area contributed by atoms with Crippen molar-refractivity contribution in [2.75, 3.05) is 13.2 Å². The van der Waals surface area contributed by atoms with Crippen LogP contribution in [-0.2, 0) is 20.2 Å². The summed E-state index contributed by atoms with van der Waals surface area (Å²) < 4.78 is 58.0. The molecule has 6 nitrogen and oxygen atoms in total. The van der Waals surface area contributed by atoms with Crippen molar-refractivity contribution in [2.45, 2.75) is 51.0 Å². The molecule has 5 rings (SSSR count). The number of halogens is 4. The third-order valence-electron chi connectivity index (χ3n) is 7.87. The van der Waals surface area contributed by atoms with E-state index in [0.717, 1.165) is 28.3 Å². The minimum Gasteiger partial charge on any atom is -0.449 e. The molecule has 1 amide bonds. The summed E-state index contributed by atoms with van der Waals surface area (Å²) in [5.74, 6) is -0.124. The molecule has 1 aliphatic carbocycles. The quantitative estimate of drug-likeness (QED) is 0.243. The van der Waals surface area contributed by atoms with Gasteiger partial charge >= 0.3 is 19.4 Å². The molecule has 1 saturated heterocycles. The van der Waals surface area contributed by atoms with Crippen molar-refractivity contribution in [3.05, 3.63) is 93.7 Å². The highest BCUT2D eigenvalue weighted by atomic mass is 35.5. The number of ether oxygens (including phenoxy) is 1. The van der Waals surface area contributed by atoms with Crippen molar-refractivity contribution >= 4 is 30.9 Å². The number of nitrogens with zero attached hydrogens (tertiary/aromatic N) is 1. The van der Waals surface area contributed by atoms with Gasteiger partial charge in [0.2, 0.25) is 0 Å². The van der Waals surface area contributed by atoms with Gasteiger partial charge in [0.05, 0.1) is 16.8 Å². The first-order valence-corrected chi connectivity index (χ1v) is 13.5. The Kier molecular flexibility index (Phi) is 7.69. The zero-order valence-electron chi connectivity index (χ0n) is 23.0. The summed E-state index contributed by atoms with van der Waals surface area (Å²) in [4.78, 5) is 16.6. The molecule has 3 aromatic rings. The number of amides is 1. The van der Waals surface area contributed by atoms with E-state index in [1.165, 1.54) is 6.08 Å². The minimum atomic E-state index is -4.61. The van der Waals surface area contributed by atoms with Gasteiger partial charge in [-0.1, -0.05) is 66.2 Å². The molecule has 0 atom stereocenters. The fourth-order valence-electron chi connectivity index (χ4n) is 4.94. The molecule has 41 heavy (non-hydrogen) atoms. The minimum absolute atomic E-state index is 0.0144. The lowest BCUT2D eigenvalue weighted by atomic mass is 9.77. The first-order chi connectivity index (χ1) is 19.3. The third kappa shape index (κ3) is 5.87. The fraction of sp³-hybridized carbons (Fsp3) is 0.333. The standard InChI is InChI=1S/C30H29BClF3N2O4/c1-28(2)29(3,4)41-31(40-28)20(14-18-13-19(30(33,34)35)15-36-26(18)32)16-37-27(38)39-17-25-23-11-7-5-9-21(23)22-10-6-8-12-24(22)25/h5-15,25H,16-17H2,1-4H3,(H,37,38). The van der Waals surface area contributed by atoms with Gasteiger partial charge in [0.1, 0.15) is 11.8 Å². The molecule has 1 fully saturated rings. The number of alkyl carbamates (subject to hydrolysis) is 1. The van der Waals surface area contributed by atoms with Crippen LogP contribution in [-0.4, -0.2) is 42.5 Å². The number of hydrogen-bond donors (Lipinski definition) is 1. The molecule has 2 aliphatic rings. The third-order valence-corrected chi connectivity index (χ3v) is 8.19. The Labute approximate surface area is 242 Å². The molecular weight excluding hydrogens is 556 g/mol. The molecular formula is C30H29BClF3N2O4. The van der Waals surface area contributed by atoms with Gasteiger partial charge in [0, 0.05) is 24.2 Å². The summed E-state index contributed by atoms with van der Waals surface area (Å²) in [7, 11) is -0.959. The molecule has 2 aromatic carbocycles. The second-order valence-corrected chi connectivity index (χ2v) is 11.4. The Hall–Kier alpha value is -3.34. The Morgan fingerprint density at radius 3 is 2.17 bits per heavy atom. The predicted molar refractivity (Wildman–Crippen MR) is 151 cm³/mol. The number of rotatable bonds is 6. The van der Waals surface area contributed by atoms with E-state index in [9.17, 15) is 18.0 Å². The Morgan fingerprint density at radius 2 is 1.61 bits per heavy atom. The maximum atomic E-state index is 13.4. The average molecular weight is 585 g/mol. The van der Waals surface area contributed by atoms with Crippen LogP contribution >= 0.6 is 11.6 Å². The van der Waals surface area contributed by atoms with Crippen molar-refractivity contribution in [1.29, 1.82) is 0 Å². The number of aromatic nitrogens is 1. The second-order valence-electron chi connectivity index (χ2n) is 11.1. The first kappa shape index (κ1) is 29.2. The number of fused-ring (bicyclic) bond motifs is 3. The normalized spacial score (nSPS) is 17.8. The topological polar surface area (TPSA) is 69.7 Å². The average Bonchev–Trinajstić information content (AvgIpc) is 3.34. The van der Waals surface area contributed by atoms with Crippen LogP contribution in [0, 0.1) is 0 Å². The van der Waals surface area contributed by atoms with Crippen molar-refractivity contribution in [3.8, 4) is 11.1 Å². The van der Waals surface area contributed by atoms with Crippen molar-refractivity contribution < 1.29 is 32.0 Å². The smallest absolute Gasteiger partial charge is 0.449 e. The highest BCUT2D eigenvalue weighted by Crippen LogP contribution is 2.44. The first-order valence-electron chi connectivity index (χ1n) is 13.1. The van der Waals surface area contributed by atoms with Gasteiger partial charge in [0.25, 0.3) is 0 Å². The number of carbonyl (C=O) groups excluding carboxylic acids is 1. The molecule has 11 heteroatoms. The van der Waals surface area contributed by atoms with Gasteiger partial charge in [-0.2, -0.15) is 13.2 Å². The van der Waals surface area contributed by atoms with E-state index >= 15 is 0 Å². The zero-order chi connectivity index (χ0) is 29.6. The molecule has 1 N–H and O–H groups in total. The van der Waals surface area contributed by atoms with E-state index in [1.807, 2.05) is 76.2 Å². The molecule has 0 unspecified atom stereocenters. The van der Waals surface area contributed by atoms with Crippen LogP contribution in [0.5, 0.6) is 0 Å². The number of hydrogen-bond acceptors (Lipinski definition) is 5. The van der Waals surface area contributed by atoms with Crippen LogP contribution in [0.25, 0.3) is 17.2 Å². The highest BCUT2D eigenvalue weighted by Gasteiger charge is 2.52. The van der Waals surface area contributed by atoms with E-state index in [-0.39, 0.29) is 29.8 Å². The monoisotopic (exact) mass is 584 g/mol. The van der Waals surface area contributed by atoms with E-state index < -0.39 is 36.2 Å². The van der Waals surface area contributed by atoms with Crippen molar-refractivity contribution in [1.82, 2.24) is 10.3 Å². The van der Waals surface area contributed by atoms with Crippen molar-refractivity contribution in [2.24, 2.45) is 0 Å². The van der Waals surface area contributed by atoms with Gasteiger partial charge in [-0.15, -0.1) is 0 Å². The largest absolute Gasteiger partial charge is 0.492 e. The van der Waals surface area contributed by atoms with Crippen LogP contribution in [0.1, 0.15) is 55.9 Å². The predicted octanol–water partition coefficient (Wildman–Crippen LogP) is 7.31. The summed E-state index contributed by atoms with van der Waals surface area (Å²) >= 11 is 6.16. The molecule has 2 heterocycles. The van der Waals surface area contributed by atoms with Crippen LogP contribution in [0.4, 0.5) is 18.0 Å². The molecule has 0 saturated carbocycles. The van der Waals surface area contributed by atoms with Gasteiger partial charge in [-0.05, 0) is 61.5 Å². The lowest BCUT2D eigenvalue weighted by Crippen LogP contribution is -2.41. The number of alkyl halides is 3. The highest BCUT2D eigenvalue weighted by molar-refractivity contribution is 6.56. The SMILES string of the molecule is CC1(C)OB(C(=Cc2cc(C(F)(F)F)cnc2Cl)CNC(=O)OCC2c3ccccc3-c3ccccc32)OC1(C)C. The van der Waals surface area contributed by atoms with Gasteiger partial charge in [0.15, 0.2) is 0 Å². The van der Waals surface area contributed by atoms with Gasteiger partial charge in [-0.25, -0.2) is 9.78 Å². The number of benzene rings is 2. The Balaban J connectivity index is 1.35.